The molecule has 33 heavy (non-hydrogen) atoms. The highest BCUT2D eigenvalue weighted by Gasteiger charge is 2.13. The molecule has 5 nitrogen and oxygen atoms in total. The molecule has 0 bridgehead atoms. The molecule has 3 aromatic rings. The lowest BCUT2D eigenvalue weighted by atomic mass is 10.1. The first-order valence-corrected chi connectivity index (χ1v) is 10.7. The molecule has 0 aliphatic heterocycles. The number of rotatable bonds is 7. The first-order valence-electron chi connectivity index (χ1n) is 10.4. The molecule has 0 heterocycles. The van der Waals surface area contributed by atoms with Gasteiger partial charge in [-0.3, -0.25) is 4.79 Å². The number of hydrogen-bond donors (Lipinski definition) is 1. The van der Waals surface area contributed by atoms with Crippen LogP contribution in [0.3, 0.4) is 0 Å². The minimum Gasteiger partial charge on any atom is -0.493 e. The highest BCUT2D eigenvalue weighted by molar-refractivity contribution is 6.31. The van der Waals surface area contributed by atoms with Crippen molar-refractivity contribution in [3.63, 3.8) is 0 Å². The summed E-state index contributed by atoms with van der Waals surface area (Å²) in [6.45, 7) is 6.30. The Hall–Kier alpha value is -3.75. The fourth-order valence-corrected chi connectivity index (χ4v) is 3.63. The van der Waals surface area contributed by atoms with Gasteiger partial charge in [0.2, 0.25) is 0 Å². The average Bonchev–Trinajstić information content (AvgIpc) is 2.78. The minimum absolute atomic E-state index is 0.0414. The van der Waals surface area contributed by atoms with E-state index in [9.17, 15) is 10.1 Å². The molecule has 168 valence electrons. The van der Waals surface area contributed by atoms with Crippen molar-refractivity contribution in [2.24, 2.45) is 0 Å². The third kappa shape index (κ3) is 6.15. The Labute approximate surface area is 199 Å². The summed E-state index contributed by atoms with van der Waals surface area (Å²) in [7, 11) is 1.55. The maximum atomic E-state index is 12.6. The van der Waals surface area contributed by atoms with Gasteiger partial charge in [-0.15, -0.1) is 0 Å². The van der Waals surface area contributed by atoms with Crippen LogP contribution >= 0.6 is 11.6 Å². The number of nitriles is 1. The second kappa shape index (κ2) is 10.7. The molecular formula is C27H25ClN2O3. The van der Waals surface area contributed by atoms with Gasteiger partial charge in [-0.2, -0.15) is 5.26 Å². The Bertz CT molecular complexity index is 1240. The summed E-state index contributed by atoms with van der Waals surface area (Å²) in [4.78, 5) is 12.6. The zero-order chi connectivity index (χ0) is 24.0. The van der Waals surface area contributed by atoms with Gasteiger partial charge >= 0.3 is 0 Å². The van der Waals surface area contributed by atoms with Gasteiger partial charge in [0.25, 0.3) is 5.91 Å². The van der Waals surface area contributed by atoms with Crippen molar-refractivity contribution in [2.75, 3.05) is 12.4 Å². The molecule has 0 radical (unpaired) electrons. The summed E-state index contributed by atoms with van der Waals surface area (Å²) in [5, 5.41) is 12.8. The Morgan fingerprint density at radius 1 is 1.06 bits per heavy atom. The zero-order valence-electron chi connectivity index (χ0n) is 19.0. The third-order valence-electron chi connectivity index (χ3n) is 5.06. The van der Waals surface area contributed by atoms with Crippen molar-refractivity contribution in [2.45, 2.75) is 27.4 Å². The highest BCUT2D eigenvalue weighted by Crippen LogP contribution is 2.30. The number of hydrogen-bond acceptors (Lipinski definition) is 4. The summed E-state index contributed by atoms with van der Waals surface area (Å²) >= 11 is 6.11. The topological polar surface area (TPSA) is 71.3 Å². The molecule has 0 atom stereocenters. The first-order chi connectivity index (χ1) is 15.8. The Kier molecular flexibility index (Phi) is 7.76. The van der Waals surface area contributed by atoms with Gasteiger partial charge in [-0.05, 0) is 67.8 Å². The molecule has 0 fully saturated rings. The summed E-state index contributed by atoms with van der Waals surface area (Å²) in [5.74, 6) is 0.569. The molecule has 1 amide bonds. The van der Waals surface area contributed by atoms with Crippen molar-refractivity contribution in [1.29, 1.82) is 5.26 Å². The van der Waals surface area contributed by atoms with E-state index in [1.165, 1.54) is 17.2 Å². The number of aryl methyl sites for hydroxylation is 2. The van der Waals surface area contributed by atoms with E-state index in [2.05, 4.69) is 37.4 Å². The second-order valence-corrected chi connectivity index (χ2v) is 8.14. The van der Waals surface area contributed by atoms with Crippen LogP contribution < -0.4 is 14.8 Å². The number of nitrogens with zero attached hydrogens (tertiary/aromatic N) is 1. The van der Waals surface area contributed by atoms with E-state index in [4.69, 9.17) is 21.1 Å². The molecule has 0 aromatic heterocycles. The van der Waals surface area contributed by atoms with Gasteiger partial charge < -0.3 is 14.8 Å². The van der Waals surface area contributed by atoms with Gasteiger partial charge in [-0.1, -0.05) is 53.1 Å². The standard InChI is InChI=1S/C27H25ClN2O3/c1-17-10-18(2)12-21(11-17)16-33-25-9-8-20(14-26(25)32-4)13-22(15-29)27(31)30-24-7-5-6-23(28)19(24)3/h5-14H,16H2,1-4H3,(H,30,31)/b22-13+. The van der Waals surface area contributed by atoms with E-state index in [1.54, 1.807) is 50.4 Å². The van der Waals surface area contributed by atoms with E-state index >= 15 is 0 Å². The van der Waals surface area contributed by atoms with Gasteiger partial charge in [0.05, 0.1) is 7.11 Å². The number of amides is 1. The molecule has 0 spiro atoms. The van der Waals surface area contributed by atoms with E-state index in [1.807, 2.05) is 6.07 Å². The second-order valence-electron chi connectivity index (χ2n) is 7.73. The summed E-state index contributed by atoms with van der Waals surface area (Å²) in [6.07, 6.45) is 1.51. The lowest BCUT2D eigenvalue weighted by molar-refractivity contribution is -0.112. The van der Waals surface area contributed by atoms with Crippen molar-refractivity contribution in [3.8, 4) is 17.6 Å². The minimum atomic E-state index is -0.517. The largest absolute Gasteiger partial charge is 0.493 e. The normalized spacial score (nSPS) is 11.0. The van der Waals surface area contributed by atoms with Crippen molar-refractivity contribution < 1.29 is 14.3 Å². The third-order valence-corrected chi connectivity index (χ3v) is 5.46. The maximum absolute atomic E-state index is 12.6. The van der Waals surface area contributed by atoms with Gasteiger partial charge in [0.1, 0.15) is 18.2 Å². The molecule has 0 saturated heterocycles. The molecule has 0 saturated carbocycles. The lowest BCUT2D eigenvalue weighted by Crippen LogP contribution is -2.14. The van der Waals surface area contributed by atoms with Crippen LogP contribution in [0, 0.1) is 32.1 Å². The molecule has 1 N–H and O–H groups in total. The Balaban J connectivity index is 1.78. The number of anilines is 1. The molecule has 6 heteroatoms. The molecule has 3 aromatic carbocycles. The fraction of sp³-hybridized carbons (Fsp3) is 0.185. The predicted molar refractivity (Wildman–Crippen MR) is 132 cm³/mol. The Morgan fingerprint density at radius 3 is 2.45 bits per heavy atom. The average molecular weight is 461 g/mol. The molecule has 0 aliphatic rings. The van der Waals surface area contributed by atoms with Crippen LogP contribution in [0.1, 0.15) is 27.8 Å². The molecule has 0 aliphatic carbocycles. The smallest absolute Gasteiger partial charge is 0.266 e. The number of carbonyl (C=O) groups excluding carboxylic acids is 1. The number of carbonyl (C=O) groups is 1. The van der Waals surface area contributed by atoms with Gasteiger partial charge in [0, 0.05) is 10.7 Å². The summed E-state index contributed by atoms with van der Waals surface area (Å²) < 4.78 is 11.4. The van der Waals surface area contributed by atoms with Crippen molar-refractivity contribution in [1.82, 2.24) is 0 Å². The van der Waals surface area contributed by atoms with E-state index in [0.29, 0.717) is 34.4 Å². The molecule has 0 unspecified atom stereocenters. The van der Waals surface area contributed by atoms with E-state index < -0.39 is 5.91 Å². The molecular weight excluding hydrogens is 436 g/mol. The number of ether oxygens (including phenoxy) is 2. The quantitative estimate of drug-likeness (QED) is 0.327. The van der Waals surface area contributed by atoms with E-state index in [0.717, 1.165) is 11.1 Å². The van der Waals surface area contributed by atoms with Crippen LogP contribution in [-0.4, -0.2) is 13.0 Å². The van der Waals surface area contributed by atoms with Gasteiger partial charge in [-0.25, -0.2) is 0 Å². The maximum Gasteiger partial charge on any atom is 0.266 e. The van der Waals surface area contributed by atoms with Crippen LogP contribution in [0.5, 0.6) is 11.5 Å². The monoisotopic (exact) mass is 460 g/mol. The highest BCUT2D eigenvalue weighted by atomic mass is 35.5. The summed E-state index contributed by atoms with van der Waals surface area (Å²) in [5.41, 5.74) is 5.31. The lowest BCUT2D eigenvalue weighted by Gasteiger charge is -2.12. The zero-order valence-corrected chi connectivity index (χ0v) is 19.8. The van der Waals surface area contributed by atoms with Crippen LogP contribution in [0.2, 0.25) is 5.02 Å². The number of methoxy groups -OCH3 is 1. The van der Waals surface area contributed by atoms with Crippen LogP contribution in [0.4, 0.5) is 5.69 Å². The van der Waals surface area contributed by atoms with Crippen LogP contribution in [0.15, 0.2) is 60.2 Å². The first kappa shape index (κ1) is 23.9. The Morgan fingerprint density at radius 2 is 1.79 bits per heavy atom. The molecule has 3 rings (SSSR count). The number of halogens is 1. The van der Waals surface area contributed by atoms with Gasteiger partial charge in [0.15, 0.2) is 11.5 Å². The number of nitrogens with one attached hydrogen (secondary N) is 1. The van der Waals surface area contributed by atoms with E-state index in [-0.39, 0.29) is 5.57 Å². The SMILES string of the molecule is COc1cc(/C=C(\C#N)C(=O)Nc2cccc(Cl)c2C)ccc1OCc1cc(C)cc(C)c1. The van der Waals surface area contributed by atoms with Crippen molar-refractivity contribution >= 4 is 29.3 Å². The summed E-state index contributed by atoms with van der Waals surface area (Å²) in [6, 6.07) is 18.7. The van der Waals surface area contributed by atoms with Crippen LogP contribution in [-0.2, 0) is 11.4 Å². The van der Waals surface area contributed by atoms with Crippen molar-refractivity contribution in [3.05, 3.63) is 93.0 Å². The fourth-order valence-electron chi connectivity index (χ4n) is 3.45. The number of benzene rings is 3. The predicted octanol–water partition coefficient (Wildman–Crippen LogP) is 6.40. The van der Waals surface area contributed by atoms with Crippen LogP contribution in [0.25, 0.3) is 6.08 Å².